The van der Waals surface area contributed by atoms with E-state index < -0.39 is 23.7 Å². The minimum atomic E-state index is -3.02. The predicted molar refractivity (Wildman–Crippen MR) is 47.1 cm³/mol. The van der Waals surface area contributed by atoms with Crippen molar-refractivity contribution < 1.29 is 23.4 Å². The molecule has 0 unspecified atom stereocenters. The summed E-state index contributed by atoms with van der Waals surface area (Å²) in [5.74, 6) is -1.98. The van der Waals surface area contributed by atoms with Gasteiger partial charge in [-0.15, -0.1) is 0 Å². The Morgan fingerprint density at radius 2 is 2.27 bits per heavy atom. The summed E-state index contributed by atoms with van der Waals surface area (Å²) in [6.45, 7) is 0. The lowest BCUT2D eigenvalue weighted by atomic mass is 10.1. The zero-order chi connectivity index (χ0) is 11.6. The summed E-state index contributed by atoms with van der Waals surface area (Å²) in [5.41, 5.74) is 3.67. The van der Waals surface area contributed by atoms with E-state index in [4.69, 9.17) is 10.8 Å². The van der Waals surface area contributed by atoms with E-state index in [2.05, 4.69) is 9.72 Å². The van der Waals surface area contributed by atoms with Crippen molar-refractivity contribution in [3.63, 3.8) is 0 Å². The van der Waals surface area contributed by atoms with E-state index in [0.717, 1.165) is 13.2 Å². The topological polar surface area (TPSA) is 85.4 Å². The first-order valence-corrected chi connectivity index (χ1v) is 3.83. The number of carboxylic acid groups (broad SMARTS) is 1. The summed E-state index contributed by atoms with van der Waals surface area (Å²) in [6.07, 6.45) is -3.02. The highest BCUT2D eigenvalue weighted by atomic mass is 19.3. The Hall–Kier alpha value is -1.92. The van der Waals surface area contributed by atoms with Crippen molar-refractivity contribution in [1.82, 2.24) is 4.98 Å². The minimum Gasteiger partial charge on any atom is -0.496 e. The molecule has 0 spiro atoms. The third kappa shape index (κ3) is 2.12. The number of ether oxygens (including phenoxy) is 1. The van der Waals surface area contributed by atoms with E-state index in [0.29, 0.717) is 0 Å². The zero-order valence-electron chi connectivity index (χ0n) is 7.70. The van der Waals surface area contributed by atoms with Crippen LogP contribution in [0.2, 0.25) is 0 Å². The van der Waals surface area contributed by atoms with Gasteiger partial charge in [-0.2, -0.15) is 0 Å². The van der Waals surface area contributed by atoms with Crippen molar-refractivity contribution in [3.05, 3.63) is 17.3 Å². The van der Waals surface area contributed by atoms with Crippen LogP contribution in [0.3, 0.4) is 0 Å². The number of hydrogen-bond acceptors (Lipinski definition) is 4. The molecule has 5 nitrogen and oxygen atoms in total. The minimum absolute atomic E-state index is 0.216. The maximum Gasteiger partial charge on any atom is 0.341 e. The smallest absolute Gasteiger partial charge is 0.341 e. The van der Waals surface area contributed by atoms with Gasteiger partial charge in [0, 0.05) is 6.07 Å². The van der Waals surface area contributed by atoms with Crippen molar-refractivity contribution in [2.75, 3.05) is 12.8 Å². The van der Waals surface area contributed by atoms with E-state index in [1.54, 1.807) is 0 Å². The van der Waals surface area contributed by atoms with Crippen LogP contribution in [-0.4, -0.2) is 23.2 Å². The Morgan fingerprint density at radius 3 is 2.67 bits per heavy atom. The van der Waals surface area contributed by atoms with Crippen molar-refractivity contribution in [2.45, 2.75) is 6.43 Å². The lowest BCUT2D eigenvalue weighted by Gasteiger charge is -2.10. The van der Waals surface area contributed by atoms with Gasteiger partial charge in [-0.25, -0.2) is 18.6 Å². The van der Waals surface area contributed by atoms with Gasteiger partial charge < -0.3 is 15.6 Å². The van der Waals surface area contributed by atoms with Gasteiger partial charge in [-0.1, -0.05) is 0 Å². The number of nitrogens with zero attached hydrogens (tertiary/aromatic N) is 1. The van der Waals surface area contributed by atoms with Gasteiger partial charge in [0.05, 0.1) is 7.11 Å². The quantitative estimate of drug-likeness (QED) is 0.798. The largest absolute Gasteiger partial charge is 0.496 e. The fourth-order valence-corrected chi connectivity index (χ4v) is 1.09. The molecule has 7 heteroatoms. The molecular weight excluding hydrogens is 210 g/mol. The Bertz CT molecular complexity index is 396. The average Bonchev–Trinajstić information content (AvgIpc) is 2.15. The second-order valence-corrected chi connectivity index (χ2v) is 2.62. The highest BCUT2D eigenvalue weighted by Gasteiger charge is 2.24. The van der Waals surface area contributed by atoms with Crippen LogP contribution in [-0.2, 0) is 0 Å². The van der Waals surface area contributed by atoms with Crippen molar-refractivity contribution in [1.29, 1.82) is 0 Å². The molecule has 0 atom stereocenters. The third-order valence-corrected chi connectivity index (χ3v) is 1.67. The number of methoxy groups -OCH3 is 1. The number of aromatic nitrogens is 1. The normalized spacial score (nSPS) is 10.4. The Morgan fingerprint density at radius 1 is 1.67 bits per heavy atom. The van der Waals surface area contributed by atoms with Crippen molar-refractivity contribution >= 4 is 11.8 Å². The lowest BCUT2D eigenvalue weighted by molar-refractivity contribution is 0.0678. The Balaban J connectivity index is 3.47. The maximum atomic E-state index is 12.4. The standard InChI is InChI=1S/C8H8F2N2O3/c1-15-3-2-4(11)12-6(7(9)10)5(3)8(13)14/h2,7H,1H3,(H2,11,12)(H,13,14). The van der Waals surface area contributed by atoms with Crippen LogP contribution < -0.4 is 10.5 Å². The van der Waals surface area contributed by atoms with Gasteiger partial charge in [0.2, 0.25) is 0 Å². The molecule has 82 valence electrons. The number of carboxylic acids is 1. The molecule has 0 radical (unpaired) electrons. The first-order valence-electron chi connectivity index (χ1n) is 3.83. The summed E-state index contributed by atoms with van der Waals surface area (Å²) < 4.78 is 29.5. The van der Waals surface area contributed by atoms with Crippen molar-refractivity contribution in [2.24, 2.45) is 0 Å². The number of rotatable bonds is 3. The molecule has 3 N–H and O–H groups in total. The number of anilines is 1. The van der Waals surface area contributed by atoms with E-state index in [9.17, 15) is 13.6 Å². The first kappa shape index (κ1) is 11.2. The number of hydrogen-bond donors (Lipinski definition) is 2. The molecule has 15 heavy (non-hydrogen) atoms. The Labute approximate surface area is 83.5 Å². The van der Waals surface area contributed by atoms with Crippen LogP contribution in [0.5, 0.6) is 5.75 Å². The second-order valence-electron chi connectivity index (χ2n) is 2.62. The average molecular weight is 218 g/mol. The lowest BCUT2D eigenvalue weighted by Crippen LogP contribution is -2.10. The molecule has 1 aromatic rings. The molecule has 0 aliphatic carbocycles. The van der Waals surface area contributed by atoms with Gasteiger partial charge >= 0.3 is 5.97 Å². The highest BCUT2D eigenvalue weighted by Crippen LogP contribution is 2.29. The van der Waals surface area contributed by atoms with Gasteiger partial charge in [-0.05, 0) is 0 Å². The summed E-state index contributed by atoms with van der Waals surface area (Å²) in [5, 5.41) is 8.72. The van der Waals surface area contributed by atoms with Gasteiger partial charge in [0.25, 0.3) is 6.43 Å². The van der Waals surface area contributed by atoms with Crippen LogP contribution in [0.1, 0.15) is 22.5 Å². The van der Waals surface area contributed by atoms with Crippen LogP contribution in [0.4, 0.5) is 14.6 Å². The van der Waals surface area contributed by atoms with Crippen LogP contribution in [0, 0.1) is 0 Å². The molecular formula is C8H8F2N2O3. The predicted octanol–water partition coefficient (Wildman–Crippen LogP) is 1.31. The molecule has 0 aromatic carbocycles. The molecule has 1 heterocycles. The molecule has 1 aromatic heterocycles. The molecule has 1 rings (SSSR count). The number of aromatic carboxylic acids is 1. The highest BCUT2D eigenvalue weighted by molar-refractivity contribution is 5.92. The maximum absolute atomic E-state index is 12.4. The van der Waals surface area contributed by atoms with Crippen LogP contribution >= 0.6 is 0 Å². The fraction of sp³-hybridized carbons (Fsp3) is 0.250. The van der Waals surface area contributed by atoms with Crippen LogP contribution in [0.15, 0.2) is 6.07 Å². The molecule has 0 amide bonds. The molecule has 0 aliphatic heterocycles. The number of pyridine rings is 1. The molecule has 0 aliphatic rings. The number of halogens is 2. The fourth-order valence-electron chi connectivity index (χ4n) is 1.09. The van der Waals surface area contributed by atoms with Gasteiger partial charge in [0.1, 0.15) is 22.8 Å². The molecule has 0 fully saturated rings. The summed E-state index contributed by atoms with van der Waals surface area (Å²) in [4.78, 5) is 14.0. The van der Waals surface area contributed by atoms with E-state index in [1.807, 2.05) is 0 Å². The molecule has 0 bridgehead atoms. The number of nitrogens with two attached hydrogens (primary N) is 1. The van der Waals surface area contributed by atoms with E-state index in [1.165, 1.54) is 0 Å². The number of alkyl halides is 2. The van der Waals surface area contributed by atoms with E-state index >= 15 is 0 Å². The molecule has 0 saturated heterocycles. The first-order chi connectivity index (χ1) is 6.97. The second kappa shape index (κ2) is 4.07. The monoisotopic (exact) mass is 218 g/mol. The zero-order valence-corrected chi connectivity index (χ0v) is 7.70. The van der Waals surface area contributed by atoms with E-state index in [-0.39, 0.29) is 11.6 Å². The summed E-state index contributed by atoms with van der Waals surface area (Å²) in [6, 6.07) is 1.08. The van der Waals surface area contributed by atoms with Gasteiger partial charge in [0.15, 0.2) is 0 Å². The van der Waals surface area contributed by atoms with Gasteiger partial charge in [-0.3, -0.25) is 0 Å². The third-order valence-electron chi connectivity index (χ3n) is 1.67. The van der Waals surface area contributed by atoms with Crippen LogP contribution in [0.25, 0.3) is 0 Å². The summed E-state index contributed by atoms with van der Waals surface area (Å²) in [7, 11) is 1.16. The number of carbonyl (C=O) groups is 1. The molecule has 0 saturated carbocycles. The summed E-state index contributed by atoms with van der Waals surface area (Å²) >= 11 is 0. The SMILES string of the molecule is COc1cc(N)nc(C(F)F)c1C(=O)O. The van der Waals surface area contributed by atoms with Crippen molar-refractivity contribution in [3.8, 4) is 5.75 Å². The number of nitrogen functional groups attached to an aromatic ring is 1. The Kier molecular flexibility index (Phi) is 3.03.